The fraction of sp³-hybridized carbons (Fsp3) is 0.320. The van der Waals surface area contributed by atoms with E-state index in [1.54, 1.807) is 6.07 Å². The number of morpholine rings is 1. The van der Waals surface area contributed by atoms with Gasteiger partial charge in [-0.25, -0.2) is 4.98 Å². The molecule has 3 heterocycles. The Morgan fingerprint density at radius 3 is 2.74 bits per heavy atom. The molecule has 4 rings (SSSR count). The molecule has 0 radical (unpaired) electrons. The molecule has 1 saturated heterocycles. The lowest BCUT2D eigenvalue weighted by Gasteiger charge is -2.29. The Labute approximate surface area is 203 Å². The normalized spacial score (nSPS) is 14.5. The standard InChI is InChI=1S/C25H28ClN5O3/c1-16-3-4-21(29-25(33)19-9-20(26)14-27-13-19)12-22(16)18-10-23(28-17(2)15-32)30-24(11-18)31-5-7-34-8-6-31/h3-4,9-14,17,32H,5-8,15H2,1-2H3,(H,28,30)(H,29,33)/t17-/m1/s1. The molecule has 0 aliphatic carbocycles. The van der Waals surface area contributed by atoms with Crippen LogP contribution in [0.2, 0.25) is 5.02 Å². The molecule has 0 spiro atoms. The first kappa shape index (κ1) is 23.9. The smallest absolute Gasteiger partial charge is 0.257 e. The van der Waals surface area contributed by atoms with Crippen LogP contribution in [0.3, 0.4) is 0 Å². The van der Waals surface area contributed by atoms with Crippen molar-refractivity contribution < 1.29 is 14.6 Å². The minimum absolute atomic E-state index is 0.00228. The number of nitrogens with one attached hydrogen (secondary N) is 2. The van der Waals surface area contributed by atoms with Gasteiger partial charge in [0.15, 0.2) is 0 Å². The van der Waals surface area contributed by atoms with E-state index in [-0.39, 0.29) is 18.6 Å². The third-order valence-corrected chi connectivity index (χ3v) is 5.80. The zero-order chi connectivity index (χ0) is 24.1. The summed E-state index contributed by atoms with van der Waals surface area (Å²) in [6, 6.07) is 11.2. The predicted octanol–water partition coefficient (Wildman–Crippen LogP) is 3.99. The van der Waals surface area contributed by atoms with E-state index >= 15 is 0 Å². The molecule has 1 aliphatic rings. The maximum atomic E-state index is 12.7. The third-order valence-electron chi connectivity index (χ3n) is 5.59. The number of aliphatic hydroxyl groups excluding tert-OH is 1. The van der Waals surface area contributed by atoms with E-state index in [0.29, 0.717) is 35.3 Å². The van der Waals surface area contributed by atoms with Gasteiger partial charge >= 0.3 is 0 Å². The fourth-order valence-corrected chi connectivity index (χ4v) is 3.92. The lowest BCUT2D eigenvalue weighted by Crippen LogP contribution is -2.37. The molecule has 1 amide bonds. The van der Waals surface area contributed by atoms with Crippen molar-refractivity contribution in [3.63, 3.8) is 0 Å². The summed E-state index contributed by atoms with van der Waals surface area (Å²) in [4.78, 5) is 23.6. The number of halogens is 1. The molecule has 1 aliphatic heterocycles. The monoisotopic (exact) mass is 481 g/mol. The number of carbonyl (C=O) groups is 1. The van der Waals surface area contributed by atoms with Gasteiger partial charge in [-0.05, 0) is 60.9 Å². The second-order valence-electron chi connectivity index (χ2n) is 8.30. The van der Waals surface area contributed by atoms with E-state index in [1.165, 1.54) is 12.4 Å². The van der Waals surface area contributed by atoms with Crippen molar-refractivity contribution in [1.82, 2.24) is 9.97 Å². The second-order valence-corrected chi connectivity index (χ2v) is 8.74. The van der Waals surface area contributed by atoms with E-state index in [0.717, 1.165) is 35.6 Å². The second kappa shape index (κ2) is 10.8. The van der Waals surface area contributed by atoms with Gasteiger partial charge in [-0.2, -0.15) is 0 Å². The number of hydrogen-bond acceptors (Lipinski definition) is 7. The number of aryl methyl sites for hydroxylation is 1. The topological polar surface area (TPSA) is 99.6 Å². The Morgan fingerprint density at radius 2 is 2.00 bits per heavy atom. The highest BCUT2D eigenvalue weighted by Crippen LogP contribution is 2.32. The van der Waals surface area contributed by atoms with Crippen molar-refractivity contribution in [2.24, 2.45) is 0 Å². The molecule has 178 valence electrons. The van der Waals surface area contributed by atoms with Gasteiger partial charge in [0.05, 0.1) is 30.4 Å². The third kappa shape index (κ3) is 5.83. The van der Waals surface area contributed by atoms with Crippen LogP contribution < -0.4 is 15.5 Å². The molecule has 2 aromatic heterocycles. The Balaban J connectivity index is 1.67. The van der Waals surface area contributed by atoms with E-state index in [4.69, 9.17) is 21.3 Å². The number of hydrogen-bond donors (Lipinski definition) is 3. The molecule has 0 unspecified atom stereocenters. The molecule has 1 aromatic carbocycles. The van der Waals surface area contributed by atoms with Crippen LogP contribution in [-0.4, -0.2) is 59.9 Å². The summed E-state index contributed by atoms with van der Waals surface area (Å²) in [5.74, 6) is 1.24. The maximum absolute atomic E-state index is 12.7. The molecular weight excluding hydrogens is 454 g/mol. The van der Waals surface area contributed by atoms with Gasteiger partial charge in [-0.3, -0.25) is 9.78 Å². The van der Waals surface area contributed by atoms with Crippen LogP contribution in [-0.2, 0) is 4.74 Å². The van der Waals surface area contributed by atoms with Crippen LogP contribution >= 0.6 is 11.6 Å². The first-order valence-electron chi connectivity index (χ1n) is 11.2. The number of benzene rings is 1. The van der Waals surface area contributed by atoms with Crippen molar-refractivity contribution in [1.29, 1.82) is 0 Å². The number of pyridine rings is 2. The fourth-order valence-electron chi connectivity index (χ4n) is 3.75. The van der Waals surface area contributed by atoms with Gasteiger partial charge in [0, 0.05) is 37.2 Å². The summed E-state index contributed by atoms with van der Waals surface area (Å²) in [6.07, 6.45) is 2.97. The number of aliphatic hydroxyl groups is 1. The zero-order valence-corrected chi connectivity index (χ0v) is 20.0. The summed E-state index contributed by atoms with van der Waals surface area (Å²) in [6.45, 7) is 6.75. The Kier molecular flexibility index (Phi) is 7.62. The Hall–Kier alpha value is -3.20. The van der Waals surface area contributed by atoms with Crippen molar-refractivity contribution in [3.05, 3.63) is 64.9 Å². The highest BCUT2D eigenvalue weighted by molar-refractivity contribution is 6.30. The number of nitrogens with zero attached hydrogens (tertiary/aromatic N) is 3. The van der Waals surface area contributed by atoms with Crippen molar-refractivity contribution >= 4 is 34.8 Å². The van der Waals surface area contributed by atoms with Crippen molar-refractivity contribution in [2.75, 3.05) is 48.4 Å². The average Bonchev–Trinajstić information content (AvgIpc) is 2.85. The minimum Gasteiger partial charge on any atom is -0.394 e. The number of carbonyl (C=O) groups excluding carboxylic acids is 1. The summed E-state index contributed by atoms with van der Waals surface area (Å²) in [7, 11) is 0. The zero-order valence-electron chi connectivity index (χ0n) is 19.2. The summed E-state index contributed by atoms with van der Waals surface area (Å²) in [5, 5.41) is 16.1. The summed E-state index contributed by atoms with van der Waals surface area (Å²) in [5.41, 5.74) is 4.04. The Bertz CT molecular complexity index is 1170. The van der Waals surface area contributed by atoms with Gasteiger partial charge in [0.2, 0.25) is 0 Å². The summed E-state index contributed by atoms with van der Waals surface area (Å²) >= 11 is 5.98. The SMILES string of the molecule is Cc1ccc(NC(=O)c2cncc(Cl)c2)cc1-c1cc(N[C@H](C)CO)nc(N2CCOCC2)c1. The van der Waals surface area contributed by atoms with E-state index in [2.05, 4.69) is 26.6 Å². The van der Waals surface area contributed by atoms with Crippen LogP contribution in [0.15, 0.2) is 48.8 Å². The highest BCUT2D eigenvalue weighted by Gasteiger charge is 2.17. The van der Waals surface area contributed by atoms with Crippen LogP contribution in [0.5, 0.6) is 0 Å². The number of rotatable bonds is 7. The molecule has 0 saturated carbocycles. The molecule has 34 heavy (non-hydrogen) atoms. The first-order valence-corrected chi connectivity index (χ1v) is 11.6. The van der Waals surface area contributed by atoms with Crippen LogP contribution in [0, 0.1) is 6.92 Å². The van der Waals surface area contributed by atoms with Crippen LogP contribution in [0.4, 0.5) is 17.3 Å². The molecule has 8 nitrogen and oxygen atoms in total. The lowest BCUT2D eigenvalue weighted by atomic mass is 10.00. The van der Waals surface area contributed by atoms with Crippen LogP contribution in [0.25, 0.3) is 11.1 Å². The van der Waals surface area contributed by atoms with Gasteiger partial charge in [-0.1, -0.05) is 17.7 Å². The molecule has 3 N–H and O–H groups in total. The highest BCUT2D eigenvalue weighted by atomic mass is 35.5. The quantitative estimate of drug-likeness (QED) is 0.469. The largest absolute Gasteiger partial charge is 0.394 e. The molecule has 3 aromatic rings. The molecule has 1 atom stereocenters. The van der Waals surface area contributed by atoms with Crippen molar-refractivity contribution in [2.45, 2.75) is 19.9 Å². The molecule has 1 fully saturated rings. The number of amides is 1. The number of aromatic nitrogens is 2. The average molecular weight is 482 g/mol. The minimum atomic E-state index is -0.285. The molecule has 9 heteroatoms. The van der Waals surface area contributed by atoms with E-state index in [9.17, 15) is 9.90 Å². The van der Waals surface area contributed by atoms with Crippen LogP contribution in [0.1, 0.15) is 22.8 Å². The maximum Gasteiger partial charge on any atom is 0.257 e. The first-order chi connectivity index (χ1) is 16.4. The van der Waals surface area contributed by atoms with Gasteiger partial charge in [-0.15, -0.1) is 0 Å². The van der Waals surface area contributed by atoms with Crippen molar-refractivity contribution in [3.8, 4) is 11.1 Å². The van der Waals surface area contributed by atoms with Gasteiger partial charge in [0.1, 0.15) is 11.6 Å². The predicted molar refractivity (Wildman–Crippen MR) is 135 cm³/mol. The van der Waals surface area contributed by atoms with Gasteiger partial charge in [0.25, 0.3) is 5.91 Å². The van der Waals surface area contributed by atoms with Gasteiger partial charge < -0.3 is 25.4 Å². The lowest BCUT2D eigenvalue weighted by molar-refractivity contribution is 0.102. The number of ether oxygens (including phenoxy) is 1. The molecule has 0 bridgehead atoms. The molecular formula is C25H28ClN5O3. The Morgan fingerprint density at radius 1 is 1.21 bits per heavy atom. The number of anilines is 3. The van der Waals surface area contributed by atoms with E-state index < -0.39 is 0 Å². The van der Waals surface area contributed by atoms with E-state index in [1.807, 2.05) is 38.1 Å². The summed E-state index contributed by atoms with van der Waals surface area (Å²) < 4.78 is 5.49.